The van der Waals surface area contributed by atoms with Crippen molar-refractivity contribution in [3.63, 3.8) is 0 Å². The van der Waals surface area contributed by atoms with Crippen LogP contribution in [0.3, 0.4) is 0 Å². The number of carboxylic acids is 1. The van der Waals surface area contributed by atoms with Crippen LogP contribution in [0.1, 0.15) is 34.2 Å². The molecule has 5 heteroatoms. The van der Waals surface area contributed by atoms with Crippen molar-refractivity contribution in [1.82, 2.24) is 9.55 Å². The fraction of sp³-hybridized carbons (Fsp3) is 0.125. The Morgan fingerprint density at radius 3 is 2.52 bits per heavy atom. The van der Waals surface area contributed by atoms with E-state index in [1.807, 2.05) is 66.1 Å². The molecule has 29 heavy (non-hydrogen) atoms. The van der Waals surface area contributed by atoms with E-state index in [-0.39, 0.29) is 5.56 Å². The van der Waals surface area contributed by atoms with Gasteiger partial charge in [0.2, 0.25) is 0 Å². The molecule has 1 heterocycles. The van der Waals surface area contributed by atoms with Gasteiger partial charge in [0.1, 0.15) is 5.82 Å². The molecule has 0 saturated carbocycles. The van der Waals surface area contributed by atoms with Gasteiger partial charge in [0.15, 0.2) is 0 Å². The summed E-state index contributed by atoms with van der Waals surface area (Å²) in [6.45, 7) is 2.55. The Morgan fingerprint density at radius 1 is 1.07 bits per heavy atom. The summed E-state index contributed by atoms with van der Waals surface area (Å²) in [4.78, 5) is 16.3. The van der Waals surface area contributed by atoms with Crippen LogP contribution in [0.5, 0.6) is 0 Å². The van der Waals surface area contributed by atoms with Crippen molar-refractivity contribution in [2.24, 2.45) is 0 Å². The summed E-state index contributed by atoms with van der Waals surface area (Å²) in [7, 11) is 0. The molecule has 0 spiro atoms. The van der Waals surface area contributed by atoms with E-state index < -0.39 is 5.97 Å². The van der Waals surface area contributed by atoms with Crippen LogP contribution >= 0.6 is 0 Å². The smallest absolute Gasteiger partial charge is 0.337 e. The van der Waals surface area contributed by atoms with Crippen LogP contribution in [-0.2, 0) is 13.0 Å². The molecule has 0 fully saturated rings. The Bertz CT molecular complexity index is 1250. The molecule has 0 amide bonds. The van der Waals surface area contributed by atoms with Gasteiger partial charge in [-0.05, 0) is 34.9 Å². The van der Waals surface area contributed by atoms with Crippen LogP contribution in [-0.4, -0.2) is 20.6 Å². The van der Waals surface area contributed by atoms with E-state index in [1.165, 1.54) is 0 Å². The van der Waals surface area contributed by atoms with Gasteiger partial charge in [0.25, 0.3) is 0 Å². The molecule has 4 rings (SSSR count). The molecule has 5 nitrogen and oxygen atoms in total. The Balaban J connectivity index is 1.74. The lowest BCUT2D eigenvalue weighted by molar-refractivity contribution is 0.0698. The van der Waals surface area contributed by atoms with Gasteiger partial charge in [-0.3, -0.25) is 0 Å². The Labute approximate surface area is 168 Å². The second-order valence-corrected chi connectivity index (χ2v) is 6.80. The van der Waals surface area contributed by atoms with E-state index in [0.29, 0.717) is 29.6 Å². The molecular formula is C24H19N3O2. The summed E-state index contributed by atoms with van der Waals surface area (Å²) >= 11 is 0. The predicted molar refractivity (Wildman–Crippen MR) is 112 cm³/mol. The maximum atomic E-state index is 11.7. The number of nitrogens with zero attached hydrogens (tertiary/aromatic N) is 3. The van der Waals surface area contributed by atoms with Crippen LogP contribution in [0.15, 0.2) is 66.7 Å². The molecule has 3 aromatic carbocycles. The van der Waals surface area contributed by atoms with E-state index in [4.69, 9.17) is 0 Å². The van der Waals surface area contributed by atoms with Crippen LogP contribution in [0, 0.1) is 11.3 Å². The second-order valence-electron chi connectivity index (χ2n) is 6.80. The van der Waals surface area contributed by atoms with Crippen molar-refractivity contribution in [3.05, 3.63) is 89.2 Å². The summed E-state index contributed by atoms with van der Waals surface area (Å²) in [5, 5.41) is 18.9. The molecule has 0 bridgehead atoms. The van der Waals surface area contributed by atoms with Gasteiger partial charge in [-0.1, -0.05) is 55.5 Å². The minimum atomic E-state index is -0.956. The van der Waals surface area contributed by atoms with E-state index in [0.717, 1.165) is 22.5 Å². The van der Waals surface area contributed by atoms with Crippen molar-refractivity contribution in [2.75, 3.05) is 0 Å². The van der Waals surface area contributed by atoms with Gasteiger partial charge in [0, 0.05) is 13.0 Å². The standard InChI is InChI=1S/C24H19N3O2/c1-2-22-26-21-9-5-8-20(24(28)29)23(21)27(22)15-16-10-12-17(13-11-16)19-7-4-3-6-18(19)14-25/h3-13H,2,15H2,1H3,(H,28,29). The number of fused-ring (bicyclic) bond motifs is 1. The number of hydrogen-bond donors (Lipinski definition) is 1. The van der Waals surface area contributed by atoms with Crippen LogP contribution in [0.4, 0.5) is 0 Å². The molecule has 4 aromatic rings. The average molecular weight is 381 g/mol. The number of benzene rings is 3. The van der Waals surface area contributed by atoms with Gasteiger partial charge >= 0.3 is 5.97 Å². The summed E-state index contributed by atoms with van der Waals surface area (Å²) in [5.41, 5.74) is 5.16. The van der Waals surface area contributed by atoms with E-state index in [9.17, 15) is 15.2 Å². The second kappa shape index (κ2) is 7.61. The van der Waals surface area contributed by atoms with Gasteiger partial charge < -0.3 is 9.67 Å². The van der Waals surface area contributed by atoms with E-state index in [1.54, 1.807) is 12.1 Å². The molecule has 0 radical (unpaired) electrons. The highest BCUT2D eigenvalue weighted by atomic mass is 16.4. The largest absolute Gasteiger partial charge is 0.478 e. The Kier molecular flexibility index (Phi) is 4.84. The molecule has 1 N–H and O–H groups in total. The lowest BCUT2D eigenvalue weighted by Gasteiger charge is -2.11. The highest BCUT2D eigenvalue weighted by Gasteiger charge is 2.17. The van der Waals surface area contributed by atoms with Crippen molar-refractivity contribution in [1.29, 1.82) is 5.26 Å². The Hall–Kier alpha value is -3.91. The van der Waals surface area contributed by atoms with Gasteiger partial charge in [-0.15, -0.1) is 0 Å². The van der Waals surface area contributed by atoms with Crippen LogP contribution in [0.2, 0.25) is 0 Å². The van der Waals surface area contributed by atoms with E-state index in [2.05, 4.69) is 11.1 Å². The number of nitriles is 1. The first-order valence-corrected chi connectivity index (χ1v) is 9.42. The average Bonchev–Trinajstić information content (AvgIpc) is 3.11. The zero-order chi connectivity index (χ0) is 20.4. The third-order valence-corrected chi connectivity index (χ3v) is 5.05. The van der Waals surface area contributed by atoms with Crippen molar-refractivity contribution in [3.8, 4) is 17.2 Å². The molecule has 0 aliphatic carbocycles. The summed E-state index contributed by atoms with van der Waals surface area (Å²) in [6.07, 6.45) is 0.710. The predicted octanol–water partition coefficient (Wildman–Crippen LogP) is 4.88. The zero-order valence-electron chi connectivity index (χ0n) is 16.0. The third-order valence-electron chi connectivity index (χ3n) is 5.05. The number of carbonyl (C=O) groups is 1. The summed E-state index contributed by atoms with van der Waals surface area (Å²) in [5.74, 6) is -0.101. The number of para-hydroxylation sites is 1. The van der Waals surface area contributed by atoms with Crippen LogP contribution < -0.4 is 0 Å². The lowest BCUT2D eigenvalue weighted by Crippen LogP contribution is -2.07. The maximum Gasteiger partial charge on any atom is 0.337 e. The lowest BCUT2D eigenvalue weighted by atomic mass is 9.99. The summed E-state index contributed by atoms with van der Waals surface area (Å²) < 4.78 is 1.98. The minimum Gasteiger partial charge on any atom is -0.478 e. The number of aromatic nitrogens is 2. The van der Waals surface area contributed by atoms with Crippen molar-refractivity contribution < 1.29 is 9.90 Å². The molecule has 0 atom stereocenters. The first-order chi connectivity index (χ1) is 14.1. The van der Waals surface area contributed by atoms with Gasteiger partial charge in [-0.25, -0.2) is 9.78 Å². The normalized spacial score (nSPS) is 10.8. The fourth-order valence-corrected chi connectivity index (χ4v) is 3.65. The fourth-order valence-electron chi connectivity index (χ4n) is 3.65. The monoisotopic (exact) mass is 381 g/mol. The highest BCUT2D eigenvalue weighted by Crippen LogP contribution is 2.26. The van der Waals surface area contributed by atoms with E-state index >= 15 is 0 Å². The number of imidazole rings is 1. The molecule has 0 unspecified atom stereocenters. The number of hydrogen-bond acceptors (Lipinski definition) is 3. The zero-order valence-corrected chi connectivity index (χ0v) is 16.0. The molecule has 0 saturated heterocycles. The van der Waals surface area contributed by atoms with Gasteiger partial charge in [0.05, 0.1) is 28.2 Å². The van der Waals surface area contributed by atoms with Crippen LogP contribution in [0.25, 0.3) is 22.2 Å². The first kappa shape index (κ1) is 18.5. The molecular weight excluding hydrogens is 362 g/mol. The number of aryl methyl sites for hydroxylation is 1. The number of aromatic carboxylic acids is 1. The third kappa shape index (κ3) is 3.37. The van der Waals surface area contributed by atoms with Gasteiger partial charge in [-0.2, -0.15) is 5.26 Å². The molecule has 0 aliphatic rings. The quantitative estimate of drug-likeness (QED) is 0.534. The topological polar surface area (TPSA) is 78.9 Å². The number of rotatable bonds is 5. The maximum absolute atomic E-state index is 11.7. The molecule has 0 aliphatic heterocycles. The summed E-state index contributed by atoms with van der Waals surface area (Å²) in [6, 6.07) is 22.9. The SMILES string of the molecule is CCc1nc2cccc(C(=O)O)c2n1Cc1ccc(-c2ccccc2C#N)cc1. The molecule has 142 valence electrons. The highest BCUT2D eigenvalue weighted by molar-refractivity contribution is 6.01. The minimum absolute atomic E-state index is 0.259. The van der Waals surface area contributed by atoms with Crippen molar-refractivity contribution in [2.45, 2.75) is 19.9 Å². The first-order valence-electron chi connectivity index (χ1n) is 9.42. The van der Waals surface area contributed by atoms with Crippen molar-refractivity contribution >= 4 is 17.0 Å². The molecule has 1 aromatic heterocycles. The number of carboxylic acid groups (broad SMARTS) is 1. The Morgan fingerprint density at radius 2 is 1.83 bits per heavy atom.